The van der Waals surface area contributed by atoms with E-state index < -0.39 is 23.7 Å². The first kappa shape index (κ1) is 16.9. The van der Waals surface area contributed by atoms with E-state index >= 15 is 0 Å². The number of carboxylic acids is 1. The fourth-order valence-electron chi connectivity index (χ4n) is 3.55. The molecule has 7 nitrogen and oxygen atoms in total. The zero-order chi connectivity index (χ0) is 18.5. The molecule has 26 heavy (non-hydrogen) atoms. The Kier molecular flexibility index (Phi) is 3.91. The van der Waals surface area contributed by atoms with Crippen molar-refractivity contribution in [1.82, 2.24) is 14.5 Å². The fourth-order valence-corrected chi connectivity index (χ4v) is 3.55. The molecule has 0 bridgehead atoms. The molecule has 2 aliphatic rings. The van der Waals surface area contributed by atoms with Gasteiger partial charge in [-0.05, 0) is 11.6 Å². The lowest BCUT2D eigenvalue weighted by Gasteiger charge is -2.22. The lowest BCUT2D eigenvalue weighted by atomic mass is 10.2. The van der Waals surface area contributed by atoms with Crippen LogP contribution in [-0.4, -0.2) is 51.7 Å². The maximum atomic E-state index is 13.4. The quantitative estimate of drug-likeness (QED) is 0.843. The normalized spacial score (nSPS) is 23.1. The first-order valence-electron chi connectivity index (χ1n) is 8.25. The third-order valence-electron chi connectivity index (χ3n) is 5.06. The van der Waals surface area contributed by atoms with Gasteiger partial charge in [0.1, 0.15) is 5.82 Å². The second kappa shape index (κ2) is 6.01. The van der Waals surface area contributed by atoms with Gasteiger partial charge in [-0.2, -0.15) is 0 Å². The standard InChI is InChI=1S/C17H18F2N4O3/c1-26-8-14-10(4-22-7-13(16(24)25)20-9-22)2-3-15(21-14)23-5-11-12(6-23)17(11,18)19/h2-3,7,9,11-12H,4-6,8H2,1H3,(H,24,25). The number of methoxy groups -OCH3 is 1. The molecule has 2 atom stereocenters. The van der Waals surface area contributed by atoms with Crippen LogP contribution in [0.15, 0.2) is 24.7 Å². The first-order chi connectivity index (χ1) is 12.4. The minimum absolute atomic E-state index is 0.0277. The summed E-state index contributed by atoms with van der Waals surface area (Å²) in [4.78, 5) is 21.2. The van der Waals surface area contributed by atoms with Gasteiger partial charge >= 0.3 is 5.97 Å². The van der Waals surface area contributed by atoms with Crippen LogP contribution in [0.25, 0.3) is 0 Å². The van der Waals surface area contributed by atoms with Crippen LogP contribution < -0.4 is 4.90 Å². The number of anilines is 1. The van der Waals surface area contributed by atoms with Gasteiger partial charge < -0.3 is 19.3 Å². The van der Waals surface area contributed by atoms with Crippen molar-refractivity contribution in [3.05, 3.63) is 41.6 Å². The van der Waals surface area contributed by atoms with Crippen molar-refractivity contribution >= 4 is 11.8 Å². The van der Waals surface area contributed by atoms with Crippen LogP contribution >= 0.6 is 0 Å². The number of rotatable bonds is 6. The van der Waals surface area contributed by atoms with E-state index in [-0.39, 0.29) is 12.3 Å². The molecule has 4 rings (SSSR count). The number of nitrogens with zero attached hydrogens (tertiary/aromatic N) is 4. The number of piperidine rings is 1. The molecular weight excluding hydrogens is 346 g/mol. The van der Waals surface area contributed by atoms with Crippen molar-refractivity contribution < 1.29 is 23.4 Å². The number of carboxylic acid groups (broad SMARTS) is 1. The van der Waals surface area contributed by atoms with Crippen LogP contribution in [0.3, 0.4) is 0 Å². The molecule has 1 saturated carbocycles. The molecular formula is C17H18F2N4O3. The van der Waals surface area contributed by atoms with Crippen LogP contribution in [0.2, 0.25) is 0 Å². The molecule has 1 aliphatic carbocycles. The summed E-state index contributed by atoms with van der Waals surface area (Å²) >= 11 is 0. The smallest absolute Gasteiger partial charge is 0.356 e. The van der Waals surface area contributed by atoms with E-state index in [1.54, 1.807) is 11.7 Å². The number of hydrogen-bond acceptors (Lipinski definition) is 5. The number of aromatic carboxylic acids is 1. The minimum Gasteiger partial charge on any atom is -0.476 e. The average Bonchev–Trinajstić information content (AvgIpc) is 3.05. The number of pyridine rings is 1. The number of halogens is 2. The van der Waals surface area contributed by atoms with E-state index in [2.05, 4.69) is 9.97 Å². The van der Waals surface area contributed by atoms with E-state index in [1.165, 1.54) is 12.5 Å². The van der Waals surface area contributed by atoms with Gasteiger partial charge in [0.05, 0.1) is 37.0 Å². The lowest BCUT2D eigenvalue weighted by Crippen LogP contribution is -2.28. The highest BCUT2D eigenvalue weighted by molar-refractivity contribution is 5.84. The number of ether oxygens (including phenoxy) is 1. The monoisotopic (exact) mass is 364 g/mol. The molecule has 138 valence electrons. The zero-order valence-electron chi connectivity index (χ0n) is 14.1. The summed E-state index contributed by atoms with van der Waals surface area (Å²) in [7, 11) is 1.56. The largest absolute Gasteiger partial charge is 0.476 e. The molecule has 2 aromatic rings. The Balaban J connectivity index is 1.53. The van der Waals surface area contributed by atoms with Crippen LogP contribution in [0.1, 0.15) is 21.7 Å². The summed E-state index contributed by atoms with van der Waals surface area (Å²) in [6, 6.07) is 3.69. The second-order valence-corrected chi connectivity index (χ2v) is 6.74. The number of alkyl halides is 2. The van der Waals surface area contributed by atoms with E-state index in [1.807, 2.05) is 17.0 Å². The van der Waals surface area contributed by atoms with Crippen molar-refractivity contribution in [3.8, 4) is 0 Å². The molecule has 0 spiro atoms. The number of imidazole rings is 1. The number of carbonyl (C=O) groups is 1. The maximum Gasteiger partial charge on any atom is 0.356 e. The highest BCUT2D eigenvalue weighted by Gasteiger charge is 2.71. The molecule has 2 aromatic heterocycles. The summed E-state index contributed by atoms with van der Waals surface area (Å²) in [6.45, 7) is 1.32. The van der Waals surface area contributed by atoms with Crippen molar-refractivity contribution in [3.63, 3.8) is 0 Å². The van der Waals surface area contributed by atoms with E-state index in [9.17, 15) is 13.6 Å². The summed E-state index contributed by atoms with van der Waals surface area (Å²) < 4.78 is 33.6. The first-order valence-corrected chi connectivity index (χ1v) is 8.25. The van der Waals surface area contributed by atoms with Crippen LogP contribution in [0, 0.1) is 11.8 Å². The van der Waals surface area contributed by atoms with Crippen LogP contribution in [0.5, 0.6) is 0 Å². The Morgan fingerprint density at radius 3 is 2.73 bits per heavy atom. The molecule has 9 heteroatoms. The third kappa shape index (κ3) is 2.82. The van der Waals surface area contributed by atoms with Crippen molar-refractivity contribution in [1.29, 1.82) is 0 Å². The SMILES string of the molecule is COCc1nc(N2CC3C(C2)C3(F)F)ccc1Cn1cnc(C(=O)O)c1. The van der Waals surface area contributed by atoms with Gasteiger partial charge in [0.2, 0.25) is 0 Å². The van der Waals surface area contributed by atoms with Gasteiger partial charge in [0, 0.05) is 26.4 Å². The number of aromatic nitrogens is 3. The summed E-state index contributed by atoms with van der Waals surface area (Å²) in [5, 5.41) is 8.96. The van der Waals surface area contributed by atoms with Crippen LogP contribution in [0.4, 0.5) is 14.6 Å². The van der Waals surface area contributed by atoms with Gasteiger partial charge in [0.15, 0.2) is 5.69 Å². The van der Waals surface area contributed by atoms with Gasteiger partial charge in [-0.1, -0.05) is 6.07 Å². The van der Waals surface area contributed by atoms with Gasteiger partial charge in [-0.25, -0.2) is 23.5 Å². The Bertz CT molecular complexity index is 840. The second-order valence-electron chi connectivity index (χ2n) is 6.74. The van der Waals surface area contributed by atoms with E-state index in [4.69, 9.17) is 9.84 Å². The van der Waals surface area contributed by atoms with Gasteiger partial charge in [-0.3, -0.25) is 0 Å². The molecule has 0 radical (unpaired) electrons. The van der Waals surface area contributed by atoms with E-state index in [0.717, 1.165) is 5.56 Å². The molecule has 2 fully saturated rings. The summed E-state index contributed by atoms with van der Waals surface area (Å²) in [5.41, 5.74) is 1.53. The zero-order valence-corrected chi connectivity index (χ0v) is 14.1. The lowest BCUT2D eigenvalue weighted by molar-refractivity contribution is 0.0690. The Morgan fingerprint density at radius 2 is 2.12 bits per heavy atom. The Hall–Kier alpha value is -2.55. The third-order valence-corrected chi connectivity index (χ3v) is 5.06. The molecule has 2 unspecified atom stereocenters. The number of hydrogen-bond donors (Lipinski definition) is 1. The van der Waals surface area contributed by atoms with Crippen molar-refractivity contribution in [2.24, 2.45) is 11.8 Å². The highest BCUT2D eigenvalue weighted by Crippen LogP contribution is 2.59. The molecule has 3 heterocycles. The van der Waals surface area contributed by atoms with E-state index in [0.29, 0.717) is 31.1 Å². The van der Waals surface area contributed by atoms with Crippen molar-refractivity contribution in [2.45, 2.75) is 19.1 Å². The molecule has 0 aromatic carbocycles. The highest BCUT2D eigenvalue weighted by atomic mass is 19.3. The summed E-state index contributed by atoms with van der Waals surface area (Å²) in [6.07, 6.45) is 2.90. The predicted molar refractivity (Wildman–Crippen MR) is 87.4 cm³/mol. The van der Waals surface area contributed by atoms with Crippen molar-refractivity contribution in [2.75, 3.05) is 25.1 Å². The van der Waals surface area contributed by atoms with Crippen LogP contribution in [-0.2, 0) is 17.9 Å². The molecule has 1 aliphatic heterocycles. The predicted octanol–water partition coefficient (Wildman–Crippen LogP) is 1.87. The molecule has 0 amide bonds. The molecule has 1 saturated heterocycles. The minimum atomic E-state index is -2.52. The fraction of sp³-hybridized carbons (Fsp3) is 0.471. The Morgan fingerprint density at radius 1 is 1.38 bits per heavy atom. The molecule has 1 N–H and O–H groups in total. The Labute approximate surface area is 148 Å². The topological polar surface area (TPSA) is 80.5 Å². The maximum absolute atomic E-state index is 13.4. The average molecular weight is 364 g/mol. The van der Waals surface area contributed by atoms with Gasteiger partial charge in [-0.15, -0.1) is 0 Å². The summed E-state index contributed by atoms with van der Waals surface area (Å²) in [5.74, 6) is -4.06. The van der Waals surface area contributed by atoms with Gasteiger partial charge in [0.25, 0.3) is 5.92 Å². The number of fused-ring (bicyclic) bond motifs is 1.